The van der Waals surface area contributed by atoms with Gasteiger partial charge in [0.05, 0.1) is 17.7 Å². The lowest BCUT2D eigenvalue weighted by Crippen LogP contribution is -2.49. The van der Waals surface area contributed by atoms with Crippen molar-refractivity contribution in [2.24, 2.45) is 5.92 Å². The predicted molar refractivity (Wildman–Crippen MR) is 102 cm³/mol. The lowest BCUT2D eigenvalue weighted by Gasteiger charge is -2.40. The minimum absolute atomic E-state index is 0.00999. The minimum Gasteiger partial charge on any atom is -0.350 e. The largest absolute Gasteiger partial charge is 0.350 e. The van der Waals surface area contributed by atoms with Crippen LogP contribution in [0.2, 0.25) is 0 Å². The fourth-order valence-electron chi connectivity index (χ4n) is 3.18. The second kappa shape index (κ2) is 7.68. The fourth-order valence-corrected chi connectivity index (χ4v) is 3.18. The van der Waals surface area contributed by atoms with E-state index in [-0.39, 0.29) is 17.7 Å². The van der Waals surface area contributed by atoms with Gasteiger partial charge in [-0.1, -0.05) is 38.5 Å². The van der Waals surface area contributed by atoms with Crippen LogP contribution in [0.5, 0.6) is 0 Å². The van der Waals surface area contributed by atoms with Crippen LogP contribution in [0.15, 0.2) is 48.7 Å². The van der Waals surface area contributed by atoms with Gasteiger partial charge in [-0.3, -0.25) is 14.6 Å². The summed E-state index contributed by atoms with van der Waals surface area (Å²) in [5.74, 6) is -0.0254. The van der Waals surface area contributed by atoms with Gasteiger partial charge >= 0.3 is 0 Å². The Labute approximate surface area is 154 Å². The number of carbonyl (C=O) groups excluding carboxylic acids is 2. The van der Waals surface area contributed by atoms with Crippen molar-refractivity contribution in [2.75, 3.05) is 5.32 Å². The highest BCUT2D eigenvalue weighted by Crippen LogP contribution is 2.44. The van der Waals surface area contributed by atoms with Crippen LogP contribution in [0, 0.1) is 5.92 Å². The van der Waals surface area contributed by atoms with Gasteiger partial charge in [-0.05, 0) is 42.7 Å². The quantitative estimate of drug-likeness (QED) is 0.838. The number of aromatic nitrogens is 1. The van der Waals surface area contributed by atoms with Crippen molar-refractivity contribution < 1.29 is 9.59 Å². The number of benzene rings is 1. The van der Waals surface area contributed by atoms with Crippen LogP contribution in [0.3, 0.4) is 0 Å². The zero-order valence-corrected chi connectivity index (χ0v) is 15.3. The van der Waals surface area contributed by atoms with E-state index in [2.05, 4.69) is 15.6 Å². The Morgan fingerprint density at radius 1 is 1.12 bits per heavy atom. The van der Waals surface area contributed by atoms with E-state index in [1.165, 1.54) is 0 Å². The van der Waals surface area contributed by atoms with Crippen LogP contribution in [-0.2, 0) is 21.5 Å². The molecule has 2 N–H and O–H groups in total. The molecule has 5 heteroatoms. The molecule has 0 atom stereocenters. The molecular formula is C21H25N3O2. The number of rotatable bonds is 6. The first-order valence-corrected chi connectivity index (χ1v) is 9.11. The molecule has 1 saturated carbocycles. The number of hydrogen-bond donors (Lipinski definition) is 2. The minimum atomic E-state index is -0.463. The van der Waals surface area contributed by atoms with Crippen LogP contribution in [0.25, 0.3) is 0 Å². The Morgan fingerprint density at radius 2 is 1.85 bits per heavy atom. The molecule has 1 aliphatic rings. The van der Waals surface area contributed by atoms with Gasteiger partial charge in [-0.2, -0.15) is 0 Å². The number of carbonyl (C=O) groups is 2. The number of nitrogens with one attached hydrogen (secondary N) is 2. The van der Waals surface area contributed by atoms with E-state index in [1.807, 2.05) is 56.3 Å². The number of anilines is 1. The number of hydrogen-bond acceptors (Lipinski definition) is 3. The molecule has 1 fully saturated rings. The van der Waals surface area contributed by atoms with E-state index in [0.717, 1.165) is 36.2 Å². The molecule has 26 heavy (non-hydrogen) atoms. The normalized spacial score (nSPS) is 15.2. The summed E-state index contributed by atoms with van der Waals surface area (Å²) < 4.78 is 0. The SMILES string of the molecule is CC(C)C(=O)Nc1ccc(C2(C(=O)NCc3ccccn3)CCC2)cc1. The monoisotopic (exact) mass is 351 g/mol. The van der Waals surface area contributed by atoms with Crippen LogP contribution in [0.1, 0.15) is 44.4 Å². The van der Waals surface area contributed by atoms with Gasteiger partial charge in [0.15, 0.2) is 0 Å². The van der Waals surface area contributed by atoms with Crippen molar-refractivity contribution in [3.8, 4) is 0 Å². The maximum Gasteiger partial charge on any atom is 0.230 e. The molecular weight excluding hydrogens is 326 g/mol. The van der Waals surface area contributed by atoms with E-state index in [4.69, 9.17) is 0 Å². The van der Waals surface area contributed by atoms with Crippen molar-refractivity contribution in [3.63, 3.8) is 0 Å². The fraction of sp³-hybridized carbons (Fsp3) is 0.381. The van der Waals surface area contributed by atoms with Gasteiger partial charge < -0.3 is 10.6 Å². The third-order valence-electron chi connectivity index (χ3n) is 5.03. The summed E-state index contributed by atoms with van der Waals surface area (Å²) in [6.07, 6.45) is 4.46. The summed E-state index contributed by atoms with van der Waals surface area (Å²) in [7, 11) is 0. The van der Waals surface area contributed by atoms with Gasteiger partial charge in [0.25, 0.3) is 0 Å². The predicted octanol–water partition coefficient (Wildman–Crippen LogP) is 3.41. The summed E-state index contributed by atoms with van der Waals surface area (Å²) >= 11 is 0. The van der Waals surface area contributed by atoms with Crippen molar-refractivity contribution in [1.82, 2.24) is 10.3 Å². The Hall–Kier alpha value is -2.69. The summed E-state index contributed by atoms with van der Waals surface area (Å²) in [4.78, 5) is 28.9. The molecule has 0 spiro atoms. The standard InChI is InChI=1S/C21H25N3O2/c1-15(2)19(25)24-17-9-7-16(8-10-17)21(11-5-12-21)20(26)23-14-18-6-3-4-13-22-18/h3-4,6-10,13,15H,5,11-12,14H2,1-2H3,(H,23,26)(H,24,25). The molecule has 3 rings (SSSR count). The lowest BCUT2D eigenvalue weighted by atomic mass is 9.63. The first kappa shape index (κ1) is 18.1. The van der Waals surface area contributed by atoms with Crippen LogP contribution in [-0.4, -0.2) is 16.8 Å². The molecule has 1 aliphatic carbocycles. The number of nitrogens with zero attached hydrogens (tertiary/aromatic N) is 1. The molecule has 1 aromatic carbocycles. The topological polar surface area (TPSA) is 71.1 Å². The molecule has 1 heterocycles. The van der Waals surface area contributed by atoms with E-state index in [9.17, 15) is 9.59 Å². The number of amides is 2. The van der Waals surface area contributed by atoms with Crippen LogP contribution < -0.4 is 10.6 Å². The summed E-state index contributed by atoms with van der Waals surface area (Å²) in [6, 6.07) is 13.3. The van der Waals surface area contributed by atoms with E-state index in [0.29, 0.717) is 6.54 Å². The van der Waals surface area contributed by atoms with Gasteiger partial charge in [0.2, 0.25) is 11.8 Å². The van der Waals surface area contributed by atoms with Gasteiger partial charge in [0.1, 0.15) is 0 Å². The Morgan fingerprint density at radius 3 is 2.38 bits per heavy atom. The summed E-state index contributed by atoms with van der Waals surface area (Å²) in [5.41, 5.74) is 2.15. The molecule has 0 radical (unpaired) electrons. The highest BCUT2D eigenvalue weighted by Gasteiger charge is 2.45. The highest BCUT2D eigenvalue weighted by atomic mass is 16.2. The molecule has 0 aliphatic heterocycles. The average Bonchev–Trinajstić information content (AvgIpc) is 2.61. The Balaban J connectivity index is 1.68. The molecule has 0 saturated heterocycles. The summed E-state index contributed by atoms with van der Waals surface area (Å²) in [6.45, 7) is 4.15. The molecule has 136 valence electrons. The first-order valence-electron chi connectivity index (χ1n) is 9.11. The second-order valence-corrected chi connectivity index (χ2v) is 7.16. The Kier molecular flexibility index (Phi) is 5.35. The maximum atomic E-state index is 12.9. The zero-order valence-electron chi connectivity index (χ0n) is 15.3. The first-order chi connectivity index (χ1) is 12.5. The molecule has 2 aromatic rings. The molecule has 5 nitrogen and oxygen atoms in total. The second-order valence-electron chi connectivity index (χ2n) is 7.16. The van der Waals surface area contributed by atoms with Crippen molar-refractivity contribution >= 4 is 17.5 Å². The van der Waals surface area contributed by atoms with Crippen LogP contribution >= 0.6 is 0 Å². The lowest BCUT2D eigenvalue weighted by molar-refractivity contribution is -0.130. The van der Waals surface area contributed by atoms with Crippen molar-refractivity contribution in [1.29, 1.82) is 0 Å². The smallest absolute Gasteiger partial charge is 0.230 e. The maximum absolute atomic E-state index is 12.9. The van der Waals surface area contributed by atoms with E-state index < -0.39 is 5.41 Å². The summed E-state index contributed by atoms with van der Waals surface area (Å²) in [5, 5.41) is 5.91. The van der Waals surface area contributed by atoms with Crippen LogP contribution in [0.4, 0.5) is 5.69 Å². The Bertz CT molecular complexity index is 766. The zero-order chi connectivity index (χ0) is 18.6. The molecule has 0 unspecified atom stereocenters. The van der Waals surface area contributed by atoms with E-state index in [1.54, 1.807) is 6.20 Å². The third-order valence-corrected chi connectivity index (χ3v) is 5.03. The third kappa shape index (κ3) is 3.77. The average molecular weight is 351 g/mol. The molecule has 0 bridgehead atoms. The van der Waals surface area contributed by atoms with Gasteiger partial charge in [-0.15, -0.1) is 0 Å². The number of pyridine rings is 1. The van der Waals surface area contributed by atoms with E-state index >= 15 is 0 Å². The molecule has 2 amide bonds. The molecule has 1 aromatic heterocycles. The highest BCUT2D eigenvalue weighted by molar-refractivity contribution is 5.92. The van der Waals surface area contributed by atoms with Crippen molar-refractivity contribution in [2.45, 2.75) is 45.1 Å². The van der Waals surface area contributed by atoms with Crippen molar-refractivity contribution in [3.05, 3.63) is 59.9 Å². The van der Waals surface area contributed by atoms with Gasteiger partial charge in [0, 0.05) is 17.8 Å². The van der Waals surface area contributed by atoms with Gasteiger partial charge in [-0.25, -0.2) is 0 Å².